The molecule has 1 unspecified atom stereocenters. The van der Waals surface area contributed by atoms with Crippen molar-refractivity contribution in [2.45, 2.75) is 117 Å². The van der Waals surface area contributed by atoms with Gasteiger partial charge in [0.05, 0.1) is 13.2 Å². The average molecular weight is 429 g/mol. The Balaban J connectivity index is 2.17. The molecule has 0 saturated heterocycles. The number of unbranched alkanes of at least 4 members (excludes halogenated alkanes) is 2. The third-order valence-corrected chi connectivity index (χ3v) is 5.64. The topological polar surface area (TPSA) is 71.1 Å². The van der Waals surface area contributed by atoms with Crippen molar-refractivity contribution in [1.29, 1.82) is 0 Å². The largest absolute Gasteiger partial charge is 0.508 e. The lowest BCUT2D eigenvalue weighted by atomic mass is 9.95. The molecule has 1 aliphatic carbocycles. The van der Waals surface area contributed by atoms with E-state index in [0.717, 1.165) is 32.1 Å². The summed E-state index contributed by atoms with van der Waals surface area (Å²) in [5, 5.41) is 0. The maximum Gasteiger partial charge on any atom is 0.508 e. The van der Waals surface area contributed by atoms with E-state index >= 15 is 0 Å². The fourth-order valence-corrected chi connectivity index (χ4v) is 3.84. The van der Waals surface area contributed by atoms with Crippen molar-refractivity contribution in [3.8, 4) is 0 Å². The van der Waals surface area contributed by atoms with E-state index in [4.69, 9.17) is 18.9 Å². The summed E-state index contributed by atoms with van der Waals surface area (Å²) in [4.78, 5) is 23.8. The monoisotopic (exact) mass is 428 g/mol. The van der Waals surface area contributed by atoms with E-state index < -0.39 is 12.3 Å². The predicted molar refractivity (Wildman–Crippen MR) is 118 cm³/mol. The zero-order valence-electron chi connectivity index (χ0n) is 19.7. The van der Waals surface area contributed by atoms with Crippen LogP contribution in [0.5, 0.6) is 0 Å². The summed E-state index contributed by atoms with van der Waals surface area (Å²) in [6.45, 7) is 9.49. The third kappa shape index (κ3) is 13.0. The molecule has 1 rings (SSSR count). The molecule has 0 spiro atoms. The second-order valence-electron chi connectivity index (χ2n) is 8.98. The summed E-state index contributed by atoms with van der Waals surface area (Å²) in [6, 6.07) is 0. The first-order valence-electron chi connectivity index (χ1n) is 12.1. The number of ether oxygens (including phenoxy) is 4. The molecule has 176 valence electrons. The highest BCUT2D eigenvalue weighted by molar-refractivity contribution is 5.60. The minimum Gasteiger partial charge on any atom is -0.434 e. The first kappa shape index (κ1) is 26.6. The summed E-state index contributed by atoms with van der Waals surface area (Å²) in [6.07, 6.45) is 9.99. The Kier molecular flexibility index (Phi) is 14.4. The van der Waals surface area contributed by atoms with Gasteiger partial charge in [0.25, 0.3) is 0 Å². The van der Waals surface area contributed by atoms with Gasteiger partial charge in [-0.05, 0) is 63.2 Å². The van der Waals surface area contributed by atoms with Gasteiger partial charge < -0.3 is 18.9 Å². The molecule has 0 amide bonds. The van der Waals surface area contributed by atoms with Crippen LogP contribution in [0.15, 0.2) is 0 Å². The molecular weight excluding hydrogens is 384 g/mol. The molecule has 30 heavy (non-hydrogen) atoms. The maximum atomic E-state index is 12.1. The molecule has 0 radical (unpaired) electrons. The van der Waals surface area contributed by atoms with Crippen molar-refractivity contribution < 1.29 is 28.5 Å². The Labute approximate surface area is 183 Å². The minimum absolute atomic E-state index is 0.161. The molecule has 0 bridgehead atoms. The van der Waals surface area contributed by atoms with Gasteiger partial charge in [-0.3, -0.25) is 0 Å². The predicted octanol–water partition coefficient (Wildman–Crippen LogP) is 7.04. The van der Waals surface area contributed by atoms with Gasteiger partial charge in [-0.25, -0.2) is 9.59 Å². The molecule has 0 aromatic heterocycles. The van der Waals surface area contributed by atoms with E-state index in [9.17, 15) is 9.59 Å². The second-order valence-corrected chi connectivity index (χ2v) is 8.98. The zero-order valence-corrected chi connectivity index (χ0v) is 19.7. The van der Waals surface area contributed by atoms with Crippen LogP contribution in [0.2, 0.25) is 0 Å². The van der Waals surface area contributed by atoms with Crippen molar-refractivity contribution in [3.05, 3.63) is 0 Å². The van der Waals surface area contributed by atoms with E-state index in [2.05, 4.69) is 27.7 Å². The molecule has 0 N–H and O–H groups in total. The number of hydrogen-bond acceptors (Lipinski definition) is 6. The fraction of sp³-hybridized carbons (Fsp3) is 0.917. The van der Waals surface area contributed by atoms with Crippen LogP contribution in [0, 0.1) is 11.8 Å². The molecule has 1 fully saturated rings. The van der Waals surface area contributed by atoms with Gasteiger partial charge in [-0.15, -0.1) is 0 Å². The average Bonchev–Trinajstić information content (AvgIpc) is 2.71. The molecular formula is C24H44O6. The van der Waals surface area contributed by atoms with Crippen LogP contribution < -0.4 is 0 Å². The molecule has 0 aliphatic heterocycles. The van der Waals surface area contributed by atoms with Gasteiger partial charge in [0.2, 0.25) is 0 Å². The SMILES string of the molecule is CCCCCC(CCC)COC(=O)OC1CCC(OC(=O)OCCCC(C)C)CC1. The first-order chi connectivity index (χ1) is 14.4. The molecule has 1 aliphatic rings. The van der Waals surface area contributed by atoms with Crippen LogP contribution in [0.4, 0.5) is 9.59 Å². The molecule has 1 atom stereocenters. The van der Waals surface area contributed by atoms with Crippen molar-refractivity contribution >= 4 is 12.3 Å². The lowest BCUT2D eigenvalue weighted by Gasteiger charge is -2.27. The van der Waals surface area contributed by atoms with E-state index in [-0.39, 0.29) is 12.2 Å². The van der Waals surface area contributed by atoms with Crippen LogP contribution in [-0.4, -0.2) is 37.7 Å². The van der Waals surface area contributed by atoms with Gasteiger partial charge in [-0.1, -0.05) is 53.4 Å². The Morgan fingerprint density at radius 3 is 1.90 bits per heavy atom. The normalized spacial score (nSPS) is 19.9. The fourth-order valence-electron chi connectivity index (χ4n) is 3.84. The highest BCUT2D eigenvalue weighted by Gasteiger charge is 2.27. The number of carbonyl (C=O) groups excluding carboxylic acids is 2. The van der Waals surface area contributed by atoms with Crippen LogP contribution in [-0.2, 0) is 18.9 Å². The molecule has 0 aromatic carbocycles. The van der Waals surface area contributed by atoms with E-state index in [1.807, 2.05) is 0 Å². The smallest absolute Gasteiger partial charge is 0.434 e. The minimum atomic E-state index is -0.590. The highest BCUT2D eigenvalue weighted by Crippen LogP contribution is 2.25. The Morgan fingerprint density at radius 1 is 0.767 bits per heavy atom. The molecule has 6 nitrogen and oxygen atoms in total. The van der Waals surface area contributed by atoms with Crippen LogP contribution in [0.3, 0.4) is 0 Å². The lowest BCUT2D eigenvalue weighted by Crippen LogP contribution is -2.30. The summed E-state index contributed by atoms with van der Waals surface area (Å²) in [5.74, 6) is 1.02. The van der Waals surface area contributed by atoms with Crippen LogP contribution in [0.1, 0.15) is 105 Å². The Hall–Kier alpha value is -1.46. The third-order valence-electron chi connectivity index (χ3n) is 5.64. The van der Waals surface area contributed by atoms with E-state index in [0.29, 0.717) is 50.7 Å². The van der Waals surface area contributed by atoms with Crippen molar-refractivity contribution in [2.75, 3.05) is 13.2 Å². The maximum absolute atomic E-state index is 12.1. The van der Waals surface area contributed by atoms with Gasteiger partial charge in [-0.2, -0.15) is 0 Å². The number of rotatable bonds is 14. The summed E-state index contributed by atoms with van der Waals surface area (Å²) >= 11 is 0. The summed E-state index contributed by atoms with van der Waals surface area (Å²) in [7, 11) is 0. The molecule has 0 heterocycles. The van der Waals surface area contributed by atoms with Crippen LogP contribution >= 0.6 is 0 Å². The van der Waals surface area contributed by atoms with Gasteiger partial charge in [0.15, 0.2) is 0 Å². The van der Waals surface area contributed by atoms with Gasteiger partial charge in [0.1, 0.15) is 12.2 Å². The van der Waals surface area contributed by atoms with Crippen molar-refractivity contribution in [2.24, 2.45) is 11.8 Å². The molecule has 0 aromatic rings. The Bertz CT molecular complexity index is 457. The van der Waals surface area contributed by atoms with Crippen molar-refractivity contribution in [3.63, 3.8) is 0 Å². The molecule has 6 heteroatoms. The standard InChI is InChI=1S/C24H44O6/c1-5-7-8-12-20(10-6-2)18-28-24(26)30-22-15-13-21(14-16-22)29-23(25)27-17-9-11-19(3)4/h19-22H,5-18H2,1-4H3. The van der Waals surface area contributed by atoms with Crippen molar-refractivity contribution in [1.82, 2.24) is 0 Å². The lowest BCUT2D eigenvalue weighted by molar-refractivity contribution is -0.0298. The number of carbonyl (C=O) groups is 2. The quantitative estimate of drug-likeness (QED) is 0.218. The van der Waals surface area contributed by atoms with Gasteiger partial charge >= 0.3 is 12.3 Å². The Morgan fingerprint density at radius 2 is 1.37 bits per heavy atom. The summed E-state index contributed by atoms with van der Waals surface area (Å²) in [5.41, 5.74) is 0. The zero-order chi connectivity index (χ0) is 22.2. The van der Waals surface area contributed by atoms with Gasteiger partial charge in [0, 0.05) is 0 Å². The second kappa shape index (κ2) is 16.3. The van der Waals surface area contributed by atoms with E-state index in [1.165, 1.54) is 19.3 Å². The first-order valence-corrected chi connectivity index (χ1v) is 12.1. The van der Waals surface area contributed by atoms with Crippen LogP contribution in [0.25, 0.3) is 0 Å². The highest BCUT2D eigenvalue weighted by atomic mass is 16.7. The van der Waals surface area contributed by atoms with E-state index in [1.54, 1.807) is 0 Å². The summed E-state index contributed by atoms with van der Waals surface area (Å²) < 4.78 is 21.4. The molecule has 1 saturated carbocycles. The number of hydrogen-bond donors (Lipinski definition) is 0.